The molecule has 0 aromatic carbocycles. The predicted molar refractivity (Wildman–Crippen MR) is 56.2 cm³/mol. The van der Waals surface area contributed by atoms with Gasteiger partial charge in [0.25, 0.3) is 5.91 Å². The van der Waals surface area contributed by atoms with E-state index in [1.165, 1.54) is 24.2 Å². The summed E-state index contributed by atoms with van der Waals surface area (Å²) in [6, 6.07) is 0. The molecule has 14 heavy (non-hydrogen) atoms. The monoisotopic (exact) mass is 211 g/mol. The lowest BCUT2D eigenvalue weighted by molar-refractivity contribution is 0.0784. The maximum Gasteiger partial charge on any atom is 0.273 e. The Morgan fingerprint density at radius 1 is 1.79 bits per heavy atom. The van der Waals surface area contributed by atoms with Crippen LogP contribution in [0.1, 0.15) is 23.3 Å². The molecule has 1 amide bonds. The minimum atomic E-state index is -0.0233. The van der Waals surface area contributed by atoms with Crippen LogP contribution >= 0.6 is 11.3 Å². The number of hydrogen-bond donors (Lipinski definition) is 1. The van der Waals surface area contributed by atoms with E-state index in [1.54, 1.807) is 10.3 Å². The van der Waals surface area contributed by atoms with E-state index in [1.807, 2.05) is 7.05 Å². The molecule has 5 heteroatoms. The maximum absolute atomic E-state index is 11.7. The minimum absolute atomic E-state index is 0.0233. The van der Waals surface area contributed by atoms with Crippen molar-refractivity contribution in [2.75, 3.05) is 19.3 Å². The van der Waals surface area contributed by atoms with E-state index in [4.69, 9.17) is 5.73 Å². The molecule has 1 aromatic rings. The normalized spacial score (nSPS) is 15.5. The first-order valence-corrected chi connectivity index (χ1v) is 5.51. The molecule has 1 saturated carbocycles. The van der Waals surface area contributed by atoms with E-state index in [2.05, 4.69) is 4.98 Å². The van der Waals surface area contributed by atoms with E-state index in [9.17, 15) is 4.79 Å². The van der Waals surface area contributed by atoms with Gasteiger partial charge in [0.1, 0.15) is 5.69 Å². The molecule has 1 aromatic heterocycles. The van der Waals surface area contributed by atoms with Gasteiger partial charge in [0.15, 0.2) is 5.13 Å². The Morgan fingerprint density at radius 2 is 2.50 bits per heavy atom. The topological polar surface area (TPSA) is 59.2 Å². The van der Waals surface area contributed by atoms with Gasteiger partial charge in [0, 0.05) is 19.0 Å². The van der Waals surface area contributed by atoms with Crippen molar-refractivity contribution >= 4 is 22.4 Å². The molecule has 1 fully saturated rings. The first kappa shape index (κ1) is 9.45. The standard InChI is InChI=1S/C9H13N3OS/c1-12(4-6-2-3-6)8(13)7-5-14-9(10)11-7/h5-6H,2-4H2,1H3,(H2,10,11). The molecule has 2 rings (SSSR count). The number of anilines is 1. The molecule has 0 bridgehead atoms. The average Bonchev–Trinajstić information content (AvgIpc) is 2.85. The molecule has 0 radical (unpaired) electrons. The van der Waals surface area contributed by atoms with Gasteiger partial charge in [-0.1, -0.05) is 0 Å². The second-order valence-corrected chi connectivity index (χ2v) is 4.59. The zero-order valence-electron chi connectivity index (χ0n) is 8.06. The molecule has 0 spiro atoms. The van der Waals surface area contributed by atoms with E-state index in [-0.39, 0.29) is 5.91 Å². The molecule has 1 aliphatic rings. The van der Waals surface area contributed by atoms with Crippen molar-refractivity contribution < 1.29 is 4.79 Å². The van der Waals surface area contributed by atoms with Crippen LogP contribution in [0.25, 0.3) is 0 Å². The van der Waals surface area contributed by atoms with Crippen LogP contribution in [0.5, 0.6) is 0 Å². The van der Waals surface area contributed by atoms with E-state index in [0.29, 0.717) is 16.7 Å². The molecular formula is C9H13N3OS. The van der Waals surface area contributed by atoms with Gasteiger partial charge < -0.3 is 10.6 Å². The van der Waals surface area contributed by atoms with E-state index >= 15 is 0 Å². The number of carbonyl (C=O) groups is 1. The van der Waals surface area contributed by atoms with Crippen LogP contribution in [-0.2, 0) is 0 Å². The summed E-state index contributed by atoms with van der Waals surface area (Å²) in [5, 5.41) is 2.16. The Labute approximate surface area is 86.7 Å². The van der Waals surface area contributed by atoms with E-state index < -0.39 is 0 Å². The Balaban J connectivity index is 1.99. The Bertz CT molecular complexity index is 346. The predicted octanol–water partition coefficient (Wildman–Crippen LogP) is 1.21. The fraction of sp³-hybridized carbons (Fsp3) is 0.556. The summed E-state index contributed by atoms with van der Waals surface area (Å²) < 4.78 is 0. The first-order chi connectivity index (χ1) is 6.66. The Morgan fingerprint density at radius 3 is 3.00 bits per heavy atom. The van der Waals surface area contributed by atoms with Crippen molar-refractivity contribution in [3.8, 4) is 0 Å². The molecule has 1 heterocycles. The highest BCUT2D eigenvalue weighted by Gasteiger charge is 2.25. The molecule has 2 N–H and O–H groups in total. The van der Waals surface area contributed by atoms with Gasteiger partial charge in [-0.2, -0.15) is 0 Å². The summed E-state index contributed by atoms with van der Waals surface area (Å²) >= 11 is 1.30. The fourth-order valence-electron chi connectivity index (χ4n) is 1.35. The lowest BCUT2D eigenvalue weighted by Crippen LogP contribution is -2.28. The molecule has 0 atom stereocenters. The summed E-state index contributed by atoms with van der Waals surface area (Å²) in [6.07, 6.45) is 2.49. The molecule has 76 valence electrons. The van der Waals surface area contributed by atoms with Crippen LogP contribution in [-0.4, -0.2) is 29.4 Å². The number of hydrogen-bond acceptors (Lipinski definition) is 4. The molecule has 0 unspecified atom stereocenters. The van der Waals surface area contributed by atoms with Crippen LogP contribution in [0.4, 0.5) is 5.13 Å². The lowest BCUT2D eigenvalue weighted by Gasteiger charge is -2.14. The third-order valence-electron chi connectivity index (χ3n) is 2.32. The largest absolute Gasteiger partial charge is 0.375 e. The number of amides is 1. The van der Waals surface area contributed by atoms with Crippen LogP contribution in [0.3, 0.4) is 0 Å². The molecule has 0 saturated heterocycles. The SMILES string of the molecule is CN(CC1CC1)C(=O)c1csc(N)n1. The second-order valence-electron chi connectivity index (χ2n) is 3.70. The summed E-state index contributed by atoms with van der Waals surface area (Å²) in [5.41, 5.74) is 5.94. The van der Waals surface area contributed by atoms with Gasteiger partial charge in [-0.25, -0.2) is 4.98 Å². The van der Waals surface area contributed by atoms with Crippen LogP contribution in [0, 0.1) is 5.92 Å². The van der Waals surface area contributed by atoms with E-state index in [0.717, 1.165) is 6.54 Å². The highest BCUT2D eigenvalue weighted by atomic mass is 32.1. The molecule has 1 aliphatic carbocycles. The summed E-state index contributed by atoms with van der Waals surface area (Å²) in [7, 11) is 1.82. The summed E-state index contributed by atoms with van der Waals surface area (Å²) in [4.78, 5) is 17.4. The molecule has 0 aliphatic heterocycles. The highest BCUT2D eigenvalue weighted by molar-refractivity contribution is 7.13. The van der Waals surface area contributed by atoms with Crippen molar-refractivity contribution in [3.63, 3.8) is 0 Å². The van der Waals surface area contributed by atoms with Gasteiger partial charge in [-0.05, 0) is 18.8 Å². The smallest absolute Gasteiger partial charge is 0.273 e. The van der Waals surface area contributed by atoms with Crippen molar-refractivity contribution in [2.24, 2.45) is 5.92 Å². The Hall–Kier alpha value is -1.10. The highest BCUT2D eigenvalue weighted by Crippen LogP contribution is 2.29. The van der Waals surface area contributed by atoms with Crippen LogP contribution in [0.2, 0.25) is 0 Å². The van der Waals surface area contributed by atoms with Gasteiger partial charge in [0.05, 0.1) is 0 Å². The number of nitrogens with zero attached hydrogens (tertiary/aromatic N) is 2. The number of carbonyl (C=O) groups excluding carboxylic acids is 1. The zero-order chi connectivity index (χ0) is 10.1. The second kappa shape index (κ2) is 3.57. The third-order valence-corrected chi connectivity index (χ3v) is 2.99. The maximum atomic E-state index is 11.7. The molecular weight excluding hydrogens is 198 g/mol. The van der Waals surface area contributed by atoms with Gasteiger partial charge in [0.2, 0.25) is 0 Å². The Kier molecular flexibility index (Phi) is 2.41. The lowest BCUT2D eigenvalue weighted by atomic mass is 10.3. The van der Waals surface area contributed by atoms with Gasteiger partial charge in [-0.3, -0.25) is 4.79 Å². The van der Waals surface area contributed by atoms with Crippen LogP contribution in [0.15, 0.2) is 5.38 Å². The van der Waals surface area contributed by atoms with Crippen molar-refractivity contribution in [1.29, 1.82) is 0 Å². The quantitative estimate of drug-likeness (QED) is 0.817. The third kappa shape index (κ3) is 2.04. The first-order valence-electron chi connectivity index (χ1n) is 4.63. The van der Waals surface area contributed by atoms with Gasteiger partial charge >= 0.3 is 0 Å². The van der Waals surface area contributed by atoms with Crippen molar-refractivity contribution in [2.45, 2.75) is 12.8 Å². The number of aromatic nitrogens is 1. The summed E-state index contributed by atoms with van der Waals surface area (Å²) in [6.45, 7) is 0.844. The van der Waals surface area contributed by atoms with Crippen molar-refractivity contribution in [3.05, 3.63) is 11.1 Å². The molecule has 4 nitrogen and oxygen atoms in total. The number of nitrogen functional groups attached to an aromatic ring is 1. The minimum Gasteiger partial charge on any atom is -0.375 e. The van der Waals surface area contributed by atoms with Crippen LogP contribution < -0.4 is 5.73 Å². The summed E-state index contributed by atoms with van der Waals surface area (Å²) in [5.74, 6) is 0.685. The number of nitrogens with two attached hydrogens (primary N) is 1. The number of thiazole rings is 1. The zero-order valence-corrected chi connectivity index (χ0v) is 8.88. The average molecular weight is 211 g/mol. The fourth-order valence-corrected chi connectivity index (χ4v) is 1.89. The van der Waals surface area contributed by atoms with Crippen molar-refractivity contribution in [1.82, 2.24) is 9.88 Å². The number of rotatable bonds is 3. The van der Waals surface area contributed by atoms with Gasteiger partial charge in [-0.15, -0.1) is 11.3 Å².